The molecule has 2 saturated heterocycles. The summed E-state index contributed by atoms with van der Waals surface area (Å²) in [7, 11) is 1.68. The first-order valence-electron chi connectivity index (χ1n) is 10.3. The van der Waals surface area contributed by atoms with Gasteiger partial charge >= 0.3 is 0 Å². The molecule has 0 unspecified atom stereocenters. The van der Waals surface area contributed by atoms with Crippen molar-refractivity contribution in [1.82, 2.24) is 14.8 Å². The van der Waals surface area contributed by atoms with Gasteiger partial charge in [0.25, 0.3) is 0 Å². The van der Waals surface area contributed by atoms with Crippen molar-refractivity contribution in [3.63, 3.8) is 0 Å². The molecule has 0 bridgehead atoms. The third-order valence-corrected chi connectivity index (χ3v) is 6.82. The number of nitrogens with zero attached hydrogens (tertiary/aromatic N) is 3. The molecule has 2 fully saturated rings. The number of amides is 1. The summed E-state index contributed by atoms with van der Waals surface area (Å²) in [4.78, 5) is 22.1. The monoisotopic (exact) mass is 399 g/mol. The van der Waals surface area contributed by atoms with Crippen LogP contribution in [-0.2, 0) is 11.3 Å². The van der Waals surface area contributed by atoms with E-state index in [1.807, 2.05) is 12.1 Å². The van der Waals surface area contributed by atoms with Gasteiger partial charge in [0.05, 0.1) is 12.8 Å². The third-order valence-electron chi connectivity index (χ3n) is 5.88. The van der Waals surface area contributed by atoms with Crippen LogP contribution in [0, 0.1) is 5.92 Å². The Labute approximate surface area is 171 Å². The van der Waals surface area contributed by atoms with E-state index in [2.05, 4.69) is 27.3 Å². The standard InChI is InChI=1S/C22H29N3O2S/c1-27-20-7-5-17(6-8-20)21-23-19(16-28-21)15-24-13-9-18(10-14-24)22(26)25-11-3-2-4-12-25/h5-8,16,18H,2-4,9-15H2,1H3. The normalized spacial score (nSPS) is 19.0. The maximum Gasteiger partial charge on any atom is 0.225 e. The Morgan fingerprint density at radius 3 is 2.50 bits per heavy atom. The number of rotatable bonds is 5. The Morgan fingerprint density at radius 1 is 1.11 bits per heavy atom. The molecule has 28 heavy (non-hydrogen) atoms. The molecule has 6 heteroatoms. The number of carbonyl (C=O) groups excluding carboxylic acids is 1. The number of benzene rings is 1. The van der Waals surface area contributed by atoms with Crippen molar-refractivity contribution in [2.45, 2.75) is 38.6 Å². The molecule has 2 aliphatic rings. The first kappa shape index (κ1) is 19.4. The fraction of sp³-hybridized carbons (Fsp3) is 0.545. The summed E-state index contributed by atoms with van der Waals surface area (Å²) < 4.78 is 5.22. The highest BCUT2D eigenvalue weighted by atomic mass is 32.1. The van der Waals surface area contributed by atoms with Crippen molar-refractivity contribution in [1.29, 1.82) is 0 Å². The van der Waals surface area contributed by atoms with Crippen molar-refractivity contribution >= 4 is 17.2 Å². The van der Waals surface area contributed by atoms with E-state index in [4.69, 9.17) is 9.72 Å². The lowest BCUT2D eigenvalue weighted by molar-refractivity contribution is -0.138. The van der Waals surface area contributed by atoms with Gasteiger partial charge in [-0.1, -0.05) is 0 Å². The zero-order valence-electron chi connectivity index (χ0n) is 16.6. The Kier molecular flexibility index (Phi) is 6.27. The van der Waals surface area contributed by atoms with E-state index in [1.54, 1.807) is 18.4 Å². The second-order valence-corrected chi connectivity index (χ2v) is 8.67. The molecule has 1 amide bonds. The summed E-state index contributed by atoms with van der Waals surface area (Å²) >= 11 is 1.69. The van der Waals surface area contributed by atoms with Gasteiger partial charge in [-0.3, -0.25) is 9.69 Å². The summed E-state index contributed by atoms with van der Waals surface area (Å²) in [5.74, 6) is 1.48. The van der Waals surface area contributed by atoms with E-state index in [1.165, 1.54) is 19.3 Å². The quantitative estimate of drug-likeness (QED) is 0.761. The number of hydrogen-bond acceptors (Lipinski definition) is 5. The van der Waals surface area contributed by atoms with Gasteiger partial charge in [-0.25, -0.2) is 4.98 Å². The molecule has 1 aromatic carbocycles. The molecule has 0 saturated carbocycles. The molecule has 0 N–H and O–H groups in total. The van der Waals surface area contributed by atoms with E-state index >= 15 is 0 Å². The van der Waals surface area contributed by atoms with Crippen molar-refractivity contribution in [2.24, 2.45) is 5.92 Å². The van der Waals surface area contributed by atoms with Gasteiger partial charge in [0, 0.05) is 36.5 Å². The highest BCUT2D eigenvalue weighted by Gasteiger charge is 2.29. The molecule has 0 spiro atoms. The molecule has 2 aromatic rings. The van der Waals surface area contributed by atoms with E-state index < -0.39 is 0 Å². The molecule has 0 atom stereocenters. The van der Waals surface area contributed by atoms with Crippen LogP contribution in [0.4, 0.5) is 0 Å². The smallest absolute Gasteiger partial charge is 0.225 e. The average Bonchev–Trinajstić information content (AvgIpc) is 3.23. The van der Waals surface area contributed by atoms with Gasteiger partial charge in [0.1, 0.15) is 10.8 Å². The molecule has 150 valence electrons. The van der Waals surface area contributed by atoms with E-state index in [0.717, 1.165) is 67.6 Å². The van der Waals surface area contributed by atoms with Gasteiger partial charge in [-0.2, -0.15) is 0 Å². The van der Waals surface area contributed by atoms with Crippen molar-refractivity contribution < 1.29 is 9.53 Å². The van der Waals surface area contributed by atoms with Crippen LogP contribution < -0.4 is 4.74 Å². The molecule has 0 radical (unpaired) electrons. The highest BCUT2D eigenvalue weighted by molar-refractivity contribution is 7.13. The molecular formula is C22H29N3O2S. The van der Waals surface area contributed by atoms with Crippen LogP contribution in [0.25, 0.3) is 10.6 Å². The number of carbonyl (C=O) groups is 1. The van der Waals surface area contributed by atoms with Gasteiger partial charge in [0.15, 0.2) is 0 Å². The number of aromatic nitrogens is 1. The maximum absolute atomic E-state index is 12.7. The van der Waals surface area contributed by atoms with Gasteiger partial charge in [-0.15, -0.1) is 11.3 Å². The first-order chi connectivity index (χ1) is 13.7. The van der Waals surface area contributed by atoms with Gasteiger partial charge in [0.2, 0.25) is 5.91 Å². The SMILES string of the molecule is COc1ccc(-c2nc(CN3CCC(C(=O)N4CCCCC4)CC3)cs2)cc1. The molecule has 5 nitrogen and oxygen atoms in total. The Balaban J connectivity index is 1.29. The lowest BCUT2D eigenvalue weighted by Crippen LogP contribution is -2.44. The minimum absolute atomic E-state index is 0.222. The summed E-state index contributed by atoms with van der Waals surface area (Å²) in [6.07, 6.45) is 5.57. The molecule has 3 heterocycles. The molecule has 1 aromatic heterocycles. The topological polar surface area (TPSA) is 45.7 Å². The molecule has 2 aliphatic heterocycles. The van der Waals surface area contributed by atoms with Gasteiger partial charge in [-0.05, 0) is 69.5 Å². The summed E-state index contributed by atoms with van der Waals surface area (Å²) in [5, 5.41) is 3.21. The summed E-state index contributed by atoms with van der Waals surface area (Å²) in [6, 6.07) is 8.05. The molecular weight excluding hydrogens is 370 g/mol. The molecule has 4 rings (SSSR count). The van der Waals surface area contributed by atoms with Crippen LogP contribution in [0.3, 0.4) is 0 Å². The number of piperidine rings is 2. The lowest BCUT2D eigenvalue weighted by atomic mass is 9.94. The maximum atomic E-state index is 12.7. The summed E-state index contributed by atoms with van der Waals surface area (Å²) in [6.45, 7) is 4.77. The fourth-order valence-corrected chi connectivity index (χ4v) is 5.00. The second-order valence-electron chi connectivity index (χ2n) is 7.81. The Bertz CT molecular complexity index is 775. The number of hydrogen-bond donors (Lipinski definition) is 0. The van der Waals surface area contributed by atoms with Crippen LogP contribution >= 0.6 is 11.3 Å². The van der Waals surface area contributed by atoms with Gasteiger partial charge < -0.3 is 9.64 Å². The predicted molar refractivity (Wildman–Crippen MR) is 113 cm³/mol. The zero-order chi connectivity index (χ0) is 19.3. The third kappa shape index (κ3) is 4.55. The van der Waals surface area contributed by atoms with E-state index in [9.17, 15) is 4.79 Å². The van der Waals surface area contributed by atoms with Crippen molar-refractivity contribution in [3.05, 3.63) is 35.3 Å². The van der Waals surface area contributed by atoms with E-state index in [0.29, 0.717) is 5.91 Å². The predicted octanol–water partition coefficient (Wildman–Crippen LogP) is 4.04. The van der Waals surface area contributed by atoms with Crippen LogP contribution in [0.5, 0.6) is 5.75 Å². The number of thiazole rings is 1. The highest BCUT2D eigenvalue weighted by Crippen LogP contribution is 2.27. The van der Waals surface area contributed by atoms with Crippen LogP contribution in [0.15, 0.2) is 29.6 Å². The summed E-state index contributed by atoms with van der Waals surface area (Å²) in [5.41, 5.74) is 2.25. The lowest BCUT2D eigenvalue weighted by Gasteiger charge is -2.35. The molecule has 0 aliphatic carbocycles. The average molecular weight is 400 g/mol. The number of likely N-dealkylation sites (tertiary alicyclic amines) is 2. The minimum atomic E-state index is 0.222. The zero-order valence-corrected chi connectivity index (χ0v) is 17.4. The fourth-order valence-electron chi connectivity index (χ4n) is 4.19. The van der Waals surface area contributed by atoms with Crippen molar-refractivity contribution in [3.8, 4) is 16.3 Å². The number of methoxy groups -OCH3 is 1. The largest absolute Gasteiger partial charge is 0.497 e. The van der Waals surface area contributed by atoms with Crippen LogP contribution in [-0.4, -0.2) is 54.0 Å². The number of ether oxygens (including phenoxy) is 1. The first-order valence-corrected chi connectivity index (χ1v) is 11.2. The second kappa shape index (κ2) is 9.05. The Morgan fingerprint density at radius 2 is 1.82 bits per heavy atom. The van der Waals surface area contributed by atoms with Crippen LogP contribution in [0.2, 0.25) is 0 Å². The van der Waals surface area contributed by atoms with Crippen molar-refractivity contribution in [2.75, 3.05) is 33.3 Å². The van der Waals surface area contributed by atoms with E-state index in [-0.39, 0.29) is 5.92 Å². The Hall–Kier alpha value is -1.92. The van der Waals surface area contributed by atoms with Crippen LogP contribution in [0.1, 0.15) is 37.8 Å². The minimum Gasteiger partial charge on any atom is -0.497 e.